The number of carbonyl (C=O) groups is 4. The number of hydrogen-bond acceptors (Lipinski definition) is 20. The molecule has 0 amide bonds. The number of rotatable bonds is 30. The Morgan fingerprint density at radius 3 is 0.854 bits per heavy atom. The topological polar surface area (TPSA) is 263 Å². The van der Waals surface area contributed by atoms with E-state index in [2.05, 4.69) is 0 Å². The summed E-state index contributed by atoms with van der Waals surface area (Å²) in [6, 6.07) is 47.4. The highest BCUT2D eigenvalue weighted by Crippen LogP contribution is 2.53. The Balaban J connectivity index is 0.000000301. The van der Waals surface area contributed by atoms with E-state index >= 15 is 0 Å². The van der Waals surface area contributed by atoms with Crippen molar-refractivity contribution in [1.82, 2.24) is 0 Å². The molecule has 0 N–H and O–H groups in total. The highest BCUT2D eigenvalue weighted by atomic mass is 32.2. The van der Waals surface area contributed by atoms with Crippen LogP contribution in [0.15, 0.2) is 180 Å². The van der Waals surface area contributed by atoms with Crippen LogP contribution in [0, 0.1) is 25.7 Å². The van der Waals surface area contributed by atoms with Gasteiger partial charge in [-0.25, -0.2) is 9.59 Å². The first-order valence-electron chi connectivity index (χ1n) is 25.3. The predicted molar refractivity (Wildman–Crippen MR) is 301 cm³/mol. The number of methoxy groups -OCH3 is 4. The summed E-state index contributed by atoms with van der Waals surface area (Å²) in [5.74, 6) is -6.42. The minimum Gasteiger partial charge on any atom is -0.469 e. The van der Waals surface area contributed by atoms with Crippen molar-refractivity contribution in [3.8, 4) is 0 Å². The predicted octanol–water partition coefficient (Wildman–Crippen LogP) is 10.1. The zero-order valence-corrected chi connectivity index (χ0v) is 49.4. The van der Waals surface area contributed by atoms with E-state index in [-0.39, 0.29) is 36.2 Å². The molecule has 440 valence electrons. The van der Waals surface area contributed by atoms with Crippen molar-refractivity contribution >= 4 is 59.3 Å². The van der Waals surface area contributed by atoms with Crippen molar-refractivity contribution in [3.63, 3.8) is 0 Å². The zero-order chi connectivity index (χ0) is 59.8. The van der Waals surface area contributed by atoms with E-state index in [4.69, 9.17) is 45.4 Å². The van der Waals surface area contributed by atoms with Gasteiger partial charge in [0.1, 0.15) is 0 Å². The summed E-state index contributed by atoms with van der Waals surface area (Å²) in [6.45, 7) is 3.24. The van der Waals surface area contributed by atoms with Crippen LogP contribution in [0.25, 0.3) is 0 Å². The lowest BCUT2D eigenvalue weighted by molar-refractivity contribution is -0.153. The molecule has 0 aliphatic rings. The van der Waals surface area contributed by atoms with Crippen LogP contribution in [-0.2, 0) is 120 Å². The zero-order valence-electron chi connectivity index (χ0n) is 46.0. The first-order valence-corrected chi connectivity index (χ1v) is 31.6. The Hall–Kier alpha value is -6.68. The van der Waals surface area contributed by atoms with Crippen LogP contribution >= 0.6 is 15.2 Å². The van der Waals surface area contributed by atoms with E-state index in [1.165, 1.54) is 24.3 Å². The van der Waals surface area contributed by atoms with Gasteiger partial charge in [-0.1, -0.05) is 157 Å². The monoisotopic (exact) mass is 1210 g/mol. The maximum atomic E-state index is 14.0. The molecule has 0 spiro atoms. The lowest BCUT2D eigenvalue weighted by Crippen LogP contribution is -2.34. The number of hydrogen-bond donors (Lipinski definition) is 0. The fourth-order valence-corrected chi connectivity index (χ4v) is 13.3. The molecule has 0 aliphatic carbocycles. The SMILES string of the molecule is COC(=O)[C@@H](C[C@H](OS(=O)(=O)c1ccc(C)cc1)C(=O)OC)CP(=O)(OCc1ccccc1)OCc1ccccc1.COC(=O)[C@H](C[C@H](OS(=O)(=O)c1ccc(C)cc1)C(=O)OC)CP(=O)(OCc1ccccc1)OCc1ccccc1. The molecular weight excluding hydrogens is 1140 g/mol. The van der Waals surface area contributed by atoms with Crippen LogP contribution in [0.5, 0.6) is 0 Å². The standard InChI is InChI=1S/2C29H33O10PS/c2*1-22-14-16-26(17-15-22)41(33,34)39-27(29(31)36-3)18-25(28(30)35-2)21-40(32,37-19-23-10-6-4-7-11-23)38-20-24-12-8-5-9-13-24/h2*4-17,25,27H,18-21H2,1-3H3/t25-,27+;25-,27-/m10/s1. The smallest absolute Gasteiger partial charge is 0.336 e. The molecule has 0 bridgehead atoms. The van der Waals surface area contributed by atoms with E-state index in [1.54, 1.807) is 135 Å². The molecule has 20 nitrogen and oxygen atoms in total. The van der Waals surface area contributed by atoms with E-state index in [0.29, 0.717) is 22.3 Å². The lowest BCUT2D eigenvalue weighted by atomic mass is 10.0. The maximum Gasteiger partial charge on any atom is 0.336 e. The summed E-state index contributed by atoms with van der Waals surface area (Å²) in [6.07, 6.45) is -5.57. The highest BCUT2D eigenvalue weighted by Gasteiger charge is 2.41. The Morgan fingerprint density at radius 1 is 0.378 bits per heavy atom. The first-order chi connectivity index (χ1) is 39.1. The average molecular weight is 1210 g/mol. The van der Waals surface area contributed by atoms with Crippen LogP contribution in [0.3, 0.4) is 0 Å². The third-order valence-electron chi connectivity index (χ3n) is 12.1. The van der Waals surface area contributed by atoms with Gasteiger partial charge in [0.05, 0.1) is 88.8 Å². The van der Waals surface area contributed by atoms with Gasteiger partial charge in [-0.05, 0) is 73.2 Å². The van der Waals surface area contributed by atoms with Gasteiger partial charge in [0.15, 0.2) is 12.2 Å². The highest BCUT2D eigenvalue weighted by molar-refractivity contribution is 7.87. The van der Waals surface area contributed by atoms with Crippen molar-refractivity contribution < 1.29 is 90.6 Å². The fraction of sp³-hybridized carbons (Fsp3) is 0.310. The van der Waals surface area contributed by atoms with Crippen molar-refractivity contribution in [2.24, 2.45) is 11.8 Å². The Bertz CT molecular complexity index is 2980. The summed E-state index contributed by atoms with van der Waals surface area (Å²) in [5, 5.41) is 0. The second-order valence-corrected chi connectivity index (χ2v) is 25.6. The van der Waals surface area contributed by atoms with Gasteiger partial charge in [-0.2, -0.15) is 16.8 Å². The minimum atomic E-state index is -4.43. The van der Waals surface area contributed by atoms with Gasteiger partial charge in [0, 0.05) is 0 Å². The number of benzene rings is 6. The summed E-state index contributed by atoms with van der Waals surface area (Å²) in [7, 11) is -12.6. The number of carbonyl (C=O) groups excluding carboxylic acids is 4. The van der Waals surface area contributed by atoms with Gasteiger partial charge < -0.3 is 37.0 Å². The third-order valence-corrected chi connectivity index (χ3v) is 18.6. The quantitative estimate of drug-likeness (QED) is 0.0176. The van der Waals surface area contributed by atoms with Crippen LogP contribution in [-0.4, -0.2) is 93.7 Å². The van der Waals surface area contributed by atoms with Crippen molar-refractivity contribution in [2.75, 3.05) is 40.8 Å². The van der Waals surface area contributed by atoms with Crippen molar-refractivity contribution in [2.45, 2.75) is 75.1 Å². The summed E-state index contributed by atoms with van der Waals surface area (Å²) >= 11 is 0. The molecule has 0 aromatic heterocycles. The summed E-state index contributed by atoms with van der Waals surface area (Å²) in [5.41, 5.74) is 4.49. The van der Waals surface area contributed by atoms with Crippen LogP contribution in [0.2, 0.25) is 0 Å². The van der Waals surface area contributed by atoms with Gasteiger partial charge in [0.2, 0.25) is 0 Å². The Kier molecular flexibility index (Phi) is 26.0. The van der Waals surface area contributed by atoms with E-state index in [9.17, 15) is 45.1 Å². The Morgan fingerprint density at radius 2 is 0.622 bits per heavy atom. The molecule has 6 rings (SSSR count). The van der Waals surface area contributed by atoms with Crippen LogP contribution in [0.1, 0.15) is 46.2 Å². The molecule has 4 atom stereocenters. The third kappa shape index (κ3) is 21.6. The molecule has 6 aromatic rings. The molecule has 0 radical (unpaired) electrons. The molecule has 24 heteroatoms. The molecule has 0 unspecified atom stereocenters. The molecule has 0 fully saturated rings. The van der Waals surface area contributed by atoms with Gasteiger partial charge in [0.25, 0.3) is 20.2 Å². The molecule has 0 saturated carbocycles. The van der Waals surface area contributed by atoms with E-state index in [1.807, 2.05) is 24.3 Å². The molecule has 0 heterocycles. The van der Waals surface area contributed by atoms with Crippen LogP contribution in [0.4, 0.5) is 0 Å². The van der Waals surface area contributed by atoms with Gasteiger partial charge >= 0.3 is 39.1 Å². The second kappa shape index (κ2) is 32.2. The fourth-order valence-electron chi connectivity index (χ4n) is 7.59. The molecule has 82 heavy (non-hydrogen) atoms. The second-order valence-electron chi connectivity index (χ2n) is 18.3. The molecule has 0 aliphatic heterocycles. The summed E-state index contributed by atoms with van der Waals surface area (Å²) < 4.78 is 133. The van der Waals surface area contributed by atoms with E-state index < -0.39 is 109 Å². The first kappa shape index (κ1) is 66.1. The average Bonchev–Trinajstić information content (AvgIpc) is 3.51. The lowest BCUT2D eigenvalue weighted by Gasteiger charge is -2.25. The normalized spacial score (nSPS) is 13.2. The number of aryl methyl sites for hydroxylation is 2. The van der Waals surface area contributed by atoms with Crippen molar-refractivity contribution in [1.29, 1.82) is 0 Å². The largest absolute Gasteiger partial charge is 0.469 e. The molecule has 0 saturated heterocycles. The molecular formula is C58H66O20P2S2. The number of ether oxygens (including phenoxy) is 4. The summed E-state index contributed by atoms with van der Waals surface area (Å²) in [4.78, 5) is 50.5. The maximum absolute atomic E-state index is 14.0. The molecule has 6 aromatic carbocycles. The van der Waals surface area contributed by atoms with E-state index in [0.717, 1.165) is 39.6 Å². The van der Waals surface area contributed by atoms with Gasteiger partial charge in [-0.3, -0.25) is 27.1 Å². The van der Waals surface area contributed by atoms with Crippen molar-refractivity contribution in [3.05, 3.63) is 203 Å². The van der Waals surface area contributed by atoms with Crippen LogP contribution < -0.4 is 0 Å². The Labute approximate surface area is 478 Å². The minimum absolute atomic E-state index is 0.0838. The van der Waals surface area contributed by atoms with Gasteiger partial charge in [-0.15, -0.1) is 0 Å². The number of esters is 4.